The molecule has 26 heavy (non-hydrogen) atoms. The van der Waals surface area contributed by atoms with Crippen LogP contribution in [0, 0.1) is 10.1 Å². The molecule has 1 aliphatic rings. The predicted octanol–water partition coefficient (Wildman–Crippen LogP) is 4.24. The molecular formula is C17H10F3NO5. The Hall–Kier alpha value is -3.36. The first-order chi connectivity index (χ1) is 12.3. The average molecular weight is 365 g/mol. The Morgan fingerprint density at radius 3 is 2.54 bits per heavy atom. The number of carbonyl (C=O) groups is 1. The number of alkyl halides is 3. The van der Waals surface area contributed by atoms with Crippen LogP contribution in [0.25, 0.3) is 6.08 Å². The summed E-state index contributed by atoms with van der Waals surface area (Å²) in [5.41, 5.74) is -1.96. The summed E-state index contributed by atoms with van der Waals surface area (Å²) in [5.74, 6) is 0.245. The van der Waals surface area contributed by atoms with Gasteiger partial charge in [-0.15, -0.1) is 0 Å². The average Bonchev–Trinajstić information content (AvgIpc) is 3.06. The van der Waals surface area contributed by atoms with Crippen LogP contribution >= 0.6 is 0 Å². The Bertz CT molecular complexity index is 921. The van der Waals surface area contributed by atoms with Crippen molar-refractivity contribution in [2.24, 2.45) is 0 Å². The van der Waals surface area contributed by atoms with Crippen LogP contribution < -0.4 is 9.47 Å². The molecule has 0 aromatic heterocycles. The van der Waals surface area contributed by atoms with Crippen LogP contribution in [0.2, 0.25) is 0 Å². The molecule has 0 spiro atoms. The number of rotatable bonds is 4. The van der Waals surface area contributed by atoms with Gasteiger partial charge in [0.1, 0.15) is 0 Å². The normalized spacial score (nSPS) is 13.2. The van der Waals surface area contributed by atoms with Gasteiger partial charge in [0.15, 0.2) is 17.3 Å². The van der Waals surface area contributed by atoms with Crippen molar-refractivity contribution < 1.29 is 32.4 Å². The number of nitro benzene ring substituents is 1. The van der Waals surface area contributed by atoms with Gasteiger partial charge in [0.05, 0.1) is 16.1 Å². The Labute approximate surface area is 144 Å². The second-order valence-electron chi connectivity index (χ2n) is 5.30. The number of halogens is 3. The number of nitro groups is 1. The molecule has 0 bridgehead atoms. The van der Waals surface area contributed by atoms with Crippen molar-refractivity contribution in [2.75, 3.05) is 6.79 Å². The van der Waals surface area contributed by atoms with Crippen molar-refractivity contribution in [3.05, 3.63) is 69.3 Å². The highest BCUT2D eigenvalue weighted by Crippen LogP contribution is 2.34. The largest absolute Gasteiger partial charge is 0.454 e. The molecule has 1 heterocycles. The maximum atomic E-state index is 12.7. The van der Waals surface area contributed by atoms with E-state index in [9.17, 15) is 28.1 Å². The fourth-order valence-corrected chi connectivity index (χ4v) is 2.35. The summed E-state index contributed by atoms with van der Waals surface area (Å²) in [5, 5.41) is 11.0. The third kappa shape index (κ3) is 3.51. The molecule has 1 aliphatic heterocycles. The van der Waals surface area contributed by atoms with Gasteiger partial charge in [-0.25, -0.2) is 0 Å². The topological polar surface area (TPSA) is 78.7 Å². The molecule has 0 saturated carbocycles. The monoisotopic (exact) mass is 365 g/mol. The highest BCUT2D eigenvalue weighted by molar-refractivity contribution is 6.09. The van der Waals surface area contributed by atoms with Crippen molar-refractivity contribution >= 4 is 17.5 Å². The lowest BCUT2D eigenvalue weighted by Crippen LogP contribution is -2.08. The van der Waals surface area contributed by atoms with Gasteiger partial charge in [-0.2, -0.15) is 13.2 Å². The minimum atomic E-state index is -4.74. The molecule has 0 radical (unpaired) electrons. The number of ketones is 1. The Morgan fingerprint density at radius 1 is 1.12 bits per heavy atom. The summed E-state index contributed by atoms with van der Waals surface area (Å²) in [4.78, 5) is 22.2. The standard InChI is InChI=1S/C17H10F3NO5/c18-17(19,20)11-3-4-12(13(8-11)21(23)24)14(22)5-1-10-2-6-15-16(7-10)26-9-25-15/h1-8H,9H2. The molecule has 134 valence electrons. The van der Waals surface area contributed by atoms with E-state index in [1.807, 2.05) is 0 Å². The molecule has 6 nitrogen and oxygen atoms in total. The van der Waals surface area contributed by atoms with E-state index < -0.39 is 33.7 Å². The first-order valence-corrected chi connectivity index (χ1v) is 7.23. The number of carbonyl (C=O) groups excluding carboxylic acids is 1. The van der Waals surface area contributed by atoms with Crippen molar-refractivity contribution in [3.8, 4) is 11.5 Å². The zero-order valence-electron chi connectivity index (χ0n) is 12.9. The second kappa shape index (κ2) is 6.51. The third-order valence-corrected chi connectivity index (χ3v) is 3.61. The number of fused-ring (bicyclic) bond motifs is 1. The highest BCUT2D eigenvalue weighted by Gasteiger charge is 2.33. The minimum Gasteiger partial charge on any atom is -0.454 e. The molecule has 0 saturated heterocycles. The van der Waals surface area contributed by atoms with Gasteiger partial charge >= 0.3 is 6.18 Å². The molecule has 0 unspecified atom stereocenters. The van der Waals surface area contributed by atoms with E-state index in [0.717, 1.165) is 12.1 Å². The summed E-state index contributed by atoms with van der Waals surface area (Å²) in [6, 6.07) is 6.66. The lowest BCUT2D eigenvalue weighted by molar-refractivity contribution is -0.385. The van der Waals surface area contributed by atoms with Gasteiger partial charge in [-0.1, -0.05) is 12.1 Å². The smallest absolute Gasteiger partial charge is 0.416 e. The van der Waals surface area contributed by atoms with Crippen molar-refractivity contribution in [1.29, 1.82) is 0 Å². The summed E-state index contributed by atoms with van der Waals surface area (Å²) >= 11 is 0. The lowest BCUT2D eigenvalue weighted by atomic mass is 10.0. The van der Waals surface area contributed by atoms with E-state index in [1.165, 1.54) is 6.08 Å². The Balaban J connectivity index is 1.88. The van der Waals surface area contributed by atoms with E-state index in [2.05, 4.69) is 0 Å². The van der Waals surface area contributed by atoms with Crippen LogP contribution in [0.3, 0.4) is 0 Å². The number of ether oxygens (including phenoxy) is 2. The van der Waals surface area contributed by atoms with Crippen LogP contribution in [-0.2, 0) is 6.18 Å². The van der Waals surface area contributed by atoms with Crippen LogP contribution in [0.5, 0.6) is 11.5 Å². The first kappa shape index (κ1) is 17.5. The summed E-state index contributed by atoms with van der Waals surface area (Å²) in [7, 11) is 0. The quantitative estimate of drug-likeness (QED) is 0.350. The lowest BCUT2D eigenvalue weighted by Gasteiger charge is -2.07. The van der Waals surface area contributed by atoms with Gasteiger partial charge in [0.2, 0.25) is 6.79 Å². The molecule has 2 aromatic rings. The fraction of sp³-hybridized carbons (Fsp3) is 0.118. The Kier molecular flexibility index (Phi) is 4.37. The first-order valence-electron chi connectivity index (χ1n) is 7.23. The second-order valence-corrected chi connectivity index (χ2v) is 5.30. The van der Waals surface area contributed by atoms with Crippen LogP contribution in [-0.4, -0.2) is 17.5 Å². The van der Waals surface area contributed by atoms with E-state index in [4.69, 9.17) is 9.47 Å². The molecular weight excluding hydrogens is 355 g/mol. The van der Waals surface area contributed by atoms with Crippen molar-refractivity contribution in [3.63, 3.8) is 0 Å². The molecule has 0 amide bonds. The Morgan fingerprint density at radius 2 is 1.85 bits per heavy atom. The molecule has 2 aromatic carbocycles. The van der Waals surface area contributed by atoms with Crippen molar-refractivity contribution in [1.82, 2.24) is 0 Å². The number of hydrogen-bond donors (Lipinski definition) is 0. The maximum Gasteiger partial charge on any atom is 0.416 e. The summed E-state index contributed by atoms with van der Waals surface area (Å²) < 4.78 is 48.4. The maximum absolute atomic E-state index is 12.7. The summed E-state index contributed by atoms with van der Waals surface area (Å²) in [6.07, 6.45) is -2.31. The van der Waals surface area contributed by atoms with E-state index >= 15 is 0 Å². The number of allylic oxidation sites excluding steroid dienone is 1. The van der Waals surface area contributed by atoms with E-state index in [-0.39, 0.29) is 6.79 Å². The zero-order chi connectivity index (χ0) is 18.9. The van der Waals surface area contributed by atoms with Crippen LogP contribution in [0.4, 0.5) is 18.9 Å². The fourth-order valence-electron chi connectivity index (χ4n) is 2.35. The molecule has 0 N–H and O–H groups in total. The minimum absolute atomic E-state index is 0.0825. The van der Waals surface area contributed by atoms with Crippen molar-refractivity contribution in [2.45, 2.75) is 6.18 Å². The van der Waals surface area contributed by atoms with Gasteiger partial charge < -0.3 is 9.47 Å². The van der Waals surface area contributed by atoms with Crippen LogP contribution in [0.15, 0.2) is 42.5 Å². The van der Waals surface area contributed by atoms with Crippen LogP contribution in [0.1, 0.15) is 21.5 Å². The third-order valence-electron chi connectivity index (χ3n) is 3.61. The molecule has 0 fully saturated rings. The van der Waals surface area contributed by atoms with E-state index in [1.54, 1.807) is 18.2 Å². The van der Waals surface area contributed by atoms with Gasteiger partial charge in [-0.05, 0) is 35.9 Å². The number of nitrogens with zero attached hydrogens (tertiary/aromatic N) is 1. The number of benzene rings is 2. The van der Waals surface area contributed by atoms with Gasteiger partial charge in [0.25, 0.3) is 5.69 Å². The SMILES string of the molecule is O=C(C=Cc1ccc2c(c1)OCO2)c1ccc(C(F)(F)F)cc1[N+](=O)[O-]. The molecule has 0 aliphatic carbocycles. The van der Waals surface area contributed by atoms with E-state index in [0.29, 0.717) is 29.2 Å². The zero-order valence-corrected chi connectivity index (χ0v) is 12.9. The molecule has 3 rings (SSSR count). The molecule has 0 atom stereocenters. The summed E-state index contributed by atoms with van der Waals surface area (Å²) in [6.45, 7) is 0.0825. The molecule has 9 heteroatoms. The highest BCUT2D eigenvalue weighted by atomic mass is 19.4. The number of hydrogen-bond acceptors (Lipinski definition) is 5. The predicted molar refractivity (Wildman–Crippen MR) is 84.0 cm³/mol. The van der Waals surface area contributed by atoms with Gasteiger partial charge in [0, 0.05) is 6.07 Å². The van der Waals surface area contributed by atoms with Gasteiger partial charge in [-0.3, -0.25) is 14.9 Å².